The van der Waals surface area contributed by atoms with Gasteiger partial charge in [0, 0.05) is 14.2 Å². The van der Waals surface area contributed by atoms with Crippen LogP contribution in [0, 0.1) is 0 Å². The molecule has 6 nitrogen and oxygen atoms in total. The Kier molecular flexibility index (Phi) is 4.91. The zero-order valence-corrected chi connectivity index (χ0v) is 10.8. The molecule has 7 heteroatoms. The van der Waals surface area contributed by atoms with Gasteiger partial charge in [-0.2, -0.15) is 0 Å². The van der Waals surface area contributed by atoms with E-state index in [9.17, 15) is 9.46 Å². The predicted octanol–water partition coefficient (Wildman–Crippen LogP) is 0.699. The molecule has 5 unspecified atom stereocenters. The molecule has 1 saturated heterocycles. The van der Waals surface area contributed by atoms with Crippen molar-refractivity contribution in [2.24, 2.45) is 0 Å². The van der Waals surface area contributed by atoms with Crippen molar-refractivity contribution in [1.82, 2.24) is 0 Å². The highest BCUT2D eigenvalue weighted by Crippen LogP contribution is 2.43. The fraction of sp³-hybridized carbons (Fsp3) is 1.00. The summed E-state index contributed by atoms with van der Waals surface area (Å²) in [6.07, 6.45) is -0.886. The molecule has 0 saturated carbocycles. The van der Waals surface area contributed by atoms with E-state index in [0.717, 1.165) is 7.11 Å². The lowest BCUT2D eigenvalue weighted by molar-refractivity contribution is -0.231. The Morgan fingerprint density at radius 2 is 2.00 bits per heavy atom. The van der Waals surface area contributed by atoms with Crippen molar-refractivity contribution in [3.8, 4) is 0 Å². The lowest BCUT2D eigenvalue weighted by Crippen LogP contribution is -2.36. The molecule has 0 aromatic heterocycles. The third-order valence-electron chi connectivity index (χ3n) is 2.69. The van der Waals surface area contributed by atoms with E-state index >= 15 is 0 Å². The monoisotopic (exact) mass is 253 g/mol. The lowest BCUT2D eigenvalue weighted by atomic mass is 10.1. The zero-order valence-electron chi connectivity index (χ0n) is 9.91. The highest BCUT2D eigenvalue weighted by Gasteiger charge is 2.44. The van der Waals surface area contributed by atoms with Gasteiger partial charge in [-0.3, -0.25) is 4.57 Å². The summed E-state index contributed by atoms with van der Waals surface area (Å²) in [7, 11) is -1.69. The van der Waals surface area contributed by atoms with E-state index in [2.05, 4.69) is 4.52 Å². The molecule has 5 atom stereocenters. The molecule has 1 heterocycles. The maximum atomic E-state index is 11.3. The molecule has 16 heavy (non-hydrogen) atoms. The topological polar surface area (TPSA) is 77.1 Å². The van der Waals surface area contributed by atoms with Gasteiger partial charge in [-0.15, -0.1) is 0 Å². The Morgan fingerprint density at radius 3 is 2.44 bits per heavy atom. The molecule has 0 N–H and O–H groups in total. The van der Waals surface area contributed by atoms with Crippen LogP contribution in [0.3, 0.4) is 0 Å². The maximum Gasteiger partial charge on any atom is 0.268 e. The number of hydrogen-bond donors (Lipinski definition) is 0. The first-order chi connectivity index (χ1) is 7.45. The fourth-order valence-corrected chi connectivity index (χ4v) is 2.52. The van der Waals surface area contributed by atoms with Crippen LogP contribution >= 0.6 is 7.82 Å². The summed E-state index contributed by atoms with van der Waals surface area (Å²) in [5.41, 5.74) is 0. The molecule has 1 aliphatic rings. The Morgan fingerprint density at radius 1 is 1.38 bits per heavy atom. The third-order valence-corrected chi connectivity index (χ3v) is 3.64. The smallest absolute Gasteiger partial charge is 0.268 e. The van der Waals surface area contributed by atoms with Gasteiger partial charge in [0.2, 0.25) is 0 Å². The average Bonchev–Trinajstić information content (AvgIpc) is 2.53. The van der Waals surface area contributed by atoms with Gasteiger partial charge >= 0.3 is 0 Å². The minimum Gasteiger partial charge on any atom is -0.756 e. The first-order valence-electron chi connectivity index (χ1n) is 5.18. The minimum atomic E-state index is -4.26. The van der Waals surface area contributed by atoms with Gasteiger partial charge in [-0.1, -0.05) is 6.92 Å². The van der Waals surface area contributed by atoms with Crippen molar-refractivity contribution in [2.75, 3.05) is 14.2 Å². The Hall–Kier alpha value is 0.0300. The minimum absolute atomic E-state index is 0.197. The molecule has 0 bridgehead atoms. The van der Waals surface area contributed by atoms with E-state index in [0.29, 0.717) is 6.42 Å². The molecule has 0 spiro atoms. The first kappa shape index (κ1) is 14.1. The number of methoxy groups -OCH3 is 1. The second kappa shape index (κ2) is 5.58. The summed E-state index contributed by atoms with van der Waals surface area (Å²) < 4.78 is 31.2. The summed E-state index contributed by atoms with van der Waals surface area (Å²) in [5.74, 6) is 0. The number of ether oxygens (including phenoxy) is 2. The van der Waals surface area contributed by atoms with Crippen LogP contribution in [0.1, 0.15) is 20.3 Å². The molecular formula is C9H18O6P-. The Balaban J connectivity index is 2.77. The fourth-order valence-electron chi connectivity index (χ4n) is 1.88. The standard InChI is InChI=1S/C9H19O6P/c1-5-7-9(15-16(10,11)13-4)8(12-3)6(2)14-7/h6-9H,5H2,1-4H3,(H,10,11)/p-1. The van der Waals surface area contributed by atoms with E-state index in [1.54, 1.807) is 0 Å². The Bertz CT molecular complexity index is 271. The quantitative estimate of drug-likeness (QED) is 0.671. The molecule has 0 amide bonds. The normalized spacial score (nSPS) is 38.6. The third kappa shape index (κ3) is 3.03. The van der Waals surface area contributed by atoms with Crippen molar-refractivity contribution in [3.05, 3.63) is 0 Å². The summed E-state index contributed by atoms with van der Waals surface area (Å²) in [4.78, 5) is 11.3. The second-order valence-corrected chi connectivity index (χ2v) is 5.16. The SMILES string of the molecule is CCC1OC(C)C(OC)C1OP(=O)([O-])OC. The summed E-state index contributed by atoms with van der Waals surface area (Å²) >= 11 is 0. The van der Waals surface area contributed by atoms with Gasteiger partial charge in [-0.05, 0) is 13.3 Å². The summed E-state index contributed by atoms with van der Waals surface area (Å²) in [6, 6.07) is 0. The molecule has 0 aromatic carbocycles. The molecule has 0 radical (unpaired) electrons. The van der Waals surface area contributed by atoms with Gasteiger partial charge in [-0.25, -0.2) is 0 Å². The van der Waals surface area contributed by atoms with Crippen molar-refractivity contribution < 1.29 is 28.0 Å². The van der Waals surface area contributed by atoms with Gasteiger partial charge < -0.3 is 23.4 Å². The van der Waals surface area contributed by atoms with Crippen molar-refractivity contribution in [2.45, 2.75) is 44.7 Å². The highest BCUT2D eigenvalue weighted by atomic mass is 31.2. The van der Waals surface area contributed by atoms with E-state index in [-0.39, 0.29) is 12.2 Å². The molecule has 0 aliphatic carbocycles. The molecule has 96 valence electrons. The van der Waals surface area contributed by atoms with Crippen LogP contribution in [-0.4, -0.2) is 38.6 Å². The van der Waals surface area contributed by atoms with Gasteiger partial charge in [0.1, 0.15) is 12.2 Å². The number of rotatable bonds is 5. The number of phosphoric ester groups is 1. The van der Waals surface area contributed by atoms with Crippen molar-refractivity contribution >= 4 is 7.82 Å². The van der Waals surface area contributed by atoms with Crippen LogP contribution in [0.4, 0.5) is 0 Å². The second-order valence-electron chi connectivity index (χ2n) is 3.69. The van der Waals surface area contributed by atoms with E-state index in [4.69, 9.17) is 14.0 Å². The van der Waals surface area contributed by atoms with E-state index in [1.807, 2.05) is 13.8 Å². The number of phosphoric acid groups is 1. The van der Waals surface area contributed by atoms with Crippen LogP contribution in [0.5, 0.6) is 0 Å². The lowest BCUT2D eigenvalue weighted by Gasteiger charge is -2.29. The van der Waals surface area contributed by atoms with Crippen LogP contribution in [0.25, 0.3) is 0 Å². The van der Waals surface area contributed by atoms with Gasteiger partial charge in [0.15, 0.2) is 0 Å². The van der Waals surface area contributed by atoms with Gasteiger partial charge in [0.05, 0.1) is 12.2 Å². The zero-order chi connectivity index (χ0) is 12.3. The maximum absolute atomic E-state index is 11.3. The average molecular weight is 253 g/mol. The first-order valence-corrected chi connectivity index (χ1v) is 6.64. The molecular weight excluding hydrogens is 235 g/mol. The largest absolute Gasteiger partial charge is 0.756 e. The Labute approximate surface area is 95.5 Å². The molecule has 0 aromatic rings. The van der Waals surface area contributed by atoms with Crippen LogP contribution in [-0.2, 0) is 23.1 Å². The van der Waals surface area contributed by atoms with Crippen LogP contribution in [0.2, 0.25) is 0 Å². The molecule has 1 rings (SSSR count). The van der Waals surface area contributed by atoms with Crippen molar-refractivity contribution in [3.63, 3.8) is 0 Å². The molecule has 1 fully saturated rings. The van der Waals surface area contributed by atoms with E-state index < -0.39 is 20.0 Å². The predicted molar refractivity (Wildman–Crippen MR) is 54.9 cm³/mol. The molecule has 1 aliphatic heterocycles. The van der Waals surface area contributed by atoms with Crippen LogP contribution < -0.4 is 4.89 Å². The van der Waals surface area contributed by atoms with Crippen LogP contribution in [0.15, 0.2) is 0 Å². The van der Waals surface area contributed by atoms with Crippen molar-refractivity contribution in [1.29, 1.82) is 0 Å². The van der Waals surface area contributed by atoms with E-state index in [1.165, 1.54) is 7.11 Å². The highest BCUT2D eigenvalue weighted by molar-refractivity contribution is 7.45. The summed E-state index contributed by atoms with van der Waals surface area (Å²) in [6.45, 7) is 3.72. The summed E-state index contributed by atoms with van der Waals surface area (Å²) in [5, 5.41) is 0. The number of hydrogen-bond acceptors (Lipinski definition) is 6. The van der Waals surface area contributed by atoms with Gasteiger partial charge in [0.25, 0.3) is 7.82 Å².